The summed E-state index contributed by atoms with van der Waals surface area (Å²) in [5, 5.41) is 6.69. The third-order valence-electron chi connectivity index (χ3n) is 5.17. The van der Waals surface area contributed by atoms with Crippen molar-refractivity contribution in [2.24, 2.45) is 0 Å². The molecule has 0 spiro atoms. The Morgan fingerprint density at radius 3 is 2.87 bits per heavy atom. The molecule has 0 radical (unpaired) electrons. The van der Waals surface area contributed by atoms with E-state index in [1.807, 2.05) is 0 Å². The van der Waals surface area contributed by atoms with Crippen molar-refractivity contribution < 1.29 is 17.5 Å². The minimum absolute atomic E-state index is 0.0362. The van der Waals surface area contributed by atoms with E-state index in [1.165, 1.54) is 24.7 Å². The van der Waals surface area contributed by atoms with Gasteiger partial charge in [-0.1, -0.05) is 0 Å². The lowest BCUT2D eigenvalue weighted by Crippen LogP contribution is -2.21. The molecule has 0 saturated heterocycles. The van der Waals surface area contributed by atoms with E-state index in [2.05, 4.69) is 24.9 Å². The summed E-state index contributed by atoms with van der Waals surface area (Å²) in [6.45, 7) is 1.68. The van der Waals surface area contributed by atoms with Crippen molar-refractivity contribution in [3.63, 3.8) is 0 Å². The number of aryl methyl sites for hydroxylation is 1. The van der Waals surface area contributed by atoms with Crippen LogP contribution in [0.4, 0.5) is 16.0 Å². The predicted octanol–water partition coefficient (Wildman–Crippen LogP) is 2.75. The molecule has 1 saturated carbocycles. The molecule has 1 aliphatic rings. The average molecular weight is 432 g/mol. The lowest BCUT2D eigenvalue weighted by molar-refractivity contribution is 0.188. The highest BCUT2D eigenvalue weighted by molar-refractivity contribution is 7.92. The van der Waals surface area contributed by atoms with Gasteiger partial charge in [0.15, 0.2) is 0 Å². The number of anilines is 2. The van der Waals surface area contributed by atoms with Crippen molar-refractivity contribution in [2.45, 2.75) is 43.1 Å². The van der Waals surface area contributed by atoms with Gasteiger partial charge in [0.2, 0.25) is 0 Å². The zero-order valence-corrected chi connectivity index (χ0v) is 17.0. The normalized spacial score (nSPS) is 19.0. The van der Waals surface area contributed by atoms with Crippen LogP contribution >= 0.6 is 0 Å². The number of sulfonamides is 1. The lowest BCUT2D eigenvalue weighted by atomic mass is 9.98. The maximum atomic E-state index is 14.8. The molecule has 0 bridgehead atoms. The van der Waals surface area contributed by atoms with E-state index in [4.69, 9.17) is 10.5 Å². The summed E-state index contributed by atoms with van der Waals surface area (Å²) >= 11 is 0. The first kappa shape index (κ1) is 20.1. The number of aromatic amines is 1. The van der Waals surface area contributed by atoms with Crippen molar-refractivity contribution in [3.05, 3.63) is 53.9 Å². The molecule has 158 valence electrons. The van der Waals surface area contributed by atoms with Crippen LogP contribution in [0.2, 0.25) is 0 Å². The molecule has 2 aromatic heterocycles. The Bertz CT molecular complexity index is 1150. The monoisotopic (exact) mass is 432 g/mol. The van der Waals surface area contributed by atoms with Gasteiger partial charge in [0.1, 0.15) is 40.5 Å². The van der Waals surface area contributed by atoms with Crippen LogP contribution in [0.15, 0.2) is 41.8 Å². The minimum atomic E-state index is -4.16. The fraction of sp³-hybridized carbons (Fsp3) is 0.316. The molecular weight excluding hydrogens is 411 g/mol. The van der Waals surface area contributed by atoms with E-state index in [0.717, 1.165) is 30.9 Å². The summed E-state index contributed by atoms with van der Waals surface area (Å²) in [5.41, 5.74) is 7.33. The van der Waals surface area contributed by atoms with Gasteiger partial charge in [-0.15, -0.1) is 0 Å². The maximum Gasteiger partial charge on any atom is 0.265 e. The summed E-state index contributed by atoms with van der Waals surface area (Å²) in [5.74, 6) is -0.0273. The number of aromatic nitrogens is 4. The first-order valence-corrected chi connectivity index (χ1v) is 10.9. The van der Waals surface area contributed by atoms with Crippen molar-refractivity contribution >= 4 is 21.7 Å². The molecule has 2 heterocycles. The predicted molar refractivity (Wildman–Crippen MR) is 108 cm³/mol. The smallest absolute Gasteiger partial charge is 0.265 e. The van der Waals surface area contributed by atoms with Crippen LogP contribution in [0.1, 0.15) is 36.3 Å². The molecule has 2 unspecified atom stereocenters. The van der Waals surface area contributed by atoms with Gasteiger partial charge in [0, 0.05) is 23.7 Å². The molecule has 0 amide bonds. The van der Waals surface area contributed by atoms with Crippen LogP contribution in [0, 0.1) is 12.7 Å². The quantitative estimate of drug-likeness (QED) is 0.545. The van der Waals surface area contributed by atoms with Gasteiger partial charge in [0.05, 0.1) is 6.20 Å². The number of nitrogens with zero attached hydrogens (tertiary/aromatic N) is 3. The Hall–Kier alpha value is -3.21. The second-order valence-electron chi connectivity index (χ2n) is 7.18. The van der Waals surface area contributed by atoms with Gasteiger partial charge < -0.3 is 10.5 Å². The number of hydrogen-bond donors (Lipinski definition) is 3. The zero-order chi connectivity index (χ0) is 21.3. The van der Waals surface area contributed by atoms with Crippen LogP contribution in [0.25, 0.3) is 0 Å². The molecule has 3 aromatic rings. The number of nitrogen functional groups attached to an aromatic ring is 1. The van der Waals surface area contributed by atoms with Gasteiger partial charge >= 0.3 is 0 Å². The Balaban J connectivity index is 1.58. The summed E-state index contributed by atoms with van der Waals surface area (Å²) in [6.07, 6.45) is 6.66. The van der Waals surface area contributed by atoms with Gasteiger partial charge in [-0.2, -0.15) is 5.10 Å². The van der Waals surface area contributed by atoms with Crippen LogP contribution in [0.3, 0.4) is 0 Å². The third kappa shape index (κ3) is 3.92. The number of ether oxygens (including phenoxy) is 1. The standard InChI is InChI=1S/C19H21FN6O3S/c1-11-7-17(30(27,28)26-18-5-6-22-10-23-18)14(20)8-16(11)29-15-4-2-3-12(15)13-9-24-25-19(13)21/h5-10,12,15H,2-4H2,1H3,(H3,21,24,25)(H,22,23,26). The molecule has 30 heavy (non-hydrogen) atoms. The molecule has 9 nitrogen and oxygen atoms in total. The number of rotatable bonds is 6. The highest BCUT2D eigenvalue weighted by atomic mass is 32.2. The zero-order valence-electron chi connectivity index (χ0n) is 16.2. The van der Waals surface area contributed by atoms with Crippen LogP contribution in [-0.2, 0) is 10.0 Å². The molecule has 1 fully saturated rings. The number of H-pyrrole nitrogens is 1. The third-order valence-corrected chi connectivity index (χ3v) is 6.54. The molecular formula is C19H21FN6O3S. The van der Waals surface area contributed by atoms with Crippen molar-refractivity contribution in [1.82, 2.24) is 20.2 Å². The van der Waals surface area contributed by atoms with Crippen LogP contribution < -0.4 is 15.2 Å². The fourth-order valence-corrected chi connectivity index (χ4v) is 4.85. The summed E-state index contributed by atoms with van der Waals surface area (Å²) in [6, 6.07) is 3.74. The Morgan fingerprint density at radius 2 is 2.17 bits per heavy atom. The number of hydrogen-bond acceptors (Lipinski definition) is 7. The molecule has 1 aromatic carbocycles. The highest BCUT2D eigenvalue weighted by Crippen LogP contribution is 2.40. The first-order chi connectivity index (χ1) is 14.3. The first-order valence-electron chi connectivity index (χ1n) is 9.39. The number of nitrogens with one attached hydrogen (secondary N) is 2. The highest BCUT2D eigenvalue weighted by Gasteiger charge is 2.33. The van der Waals surface area contributed by atoms with E-state index < -0.39 is 20.7 Å². The molecule has 0 aliphatic heterocycles. The SMILES string of the molecule is Cc1cc(S(=O)(=O)Nc2ccncn2)c(F)cc1OC1CCCC1c1cn[nH]c1N. The molecule has 4 rings (SSSR count). The fourth-order valence-electron chi connectivity index (χ4n) is 3.70. The van der Waals surface area contributed by atoms with Crippen molar-refractivity contribution in [3.8, 4) is 5.75 Å². The van der Waals surface area contributed by atoms with Crippen molar-refractivity contribution in [1.29, 1.82) is 0 Å². The Morgan fingerprint density at radius 1 is 1.33 bits per heavy atom. The van der Waals surface area contributed by atoms with Crippen LogP contribution in [-0.4, -0.2) is 34.7 Å². The second kappa shape index (κ2) is 7.90. The summed E-state index contributed by atoms with van der Waals surface area (Å²) < 4.78 is 48.3. The van der Waals surface area contributed by atoms with E-state index in [0.29, 0.717) is 17.1 Å². The topological polar surface area (TPSA) is 136 Å². The van der Waals surface area contributed by atoms with E-state index in [9.17, 15) is 12.8 Å². The van der Waals surface area contributed by atoms with Gasteiger partial charge in [0.25, 0.3) is 10.0 Å². The molecule has 11 heteroatoms. The molecule has 4 N–H and O–H groups in total. The molecule has 1 aliphatic carbocycles. The van der Waals surface area contributed by atoms with E-state index in [-0.39, 0.29) is 17.8 Å². The van der Waals surface area contributed by atoms with E-state index >= 15 is 0 Å². The molecule has 2 atom stereocenters. The lowest BCUT2D eigenvalue weighted by Gasteiger charge is -2.22. The van der Waals surface area contributed by atoms with Gasteiger partial charge in [-0.05, 0) is 43.9 Å². The Kier molecular flexibility index (Phi) is 5.29. The number of benzene rings is 1. The van der Waals surface area contributed by atoms with E-state index in [1.54, 1.807) is 13.1 Å². The largest absolute Gasteiger partial charge is 0.489 e. The second-order valence-corrected chi connectivity index (χ2v) is 8.83. The van der Waals surface area contributed by atoms with Crippen molar-refractivity contribution in [2.75, 3.05) is 10.5 Å². The van der Waals surface area contributed by atoms with Gasteiger partial charge in [-0.3, -0.25) is 9.82 Å². The summed E-state index contributed by atoms with van der Waals surface area (Å²) in [4.78, 5) is 7.04. The minimum Gasteiger partial charge on any atom is -0.489 e. The Labute approximate surface area is 172 Å². The van der Waals surface area contributed by atoms with Gasteiger partial charge in [-0.25, -0.2) is 22.8 Å². The number of halogens is 1. The summed E-state index contributed by atoms with van der Waals surface area (Å²) in [7, 11) is -4.16. The van der Waals surface area contributed by atoms with Crippen LogP contribution in [0.5, 0.6) is 5.75 Å². The average Bonchev–Trinajstić information content (AvgIpc) is 3.33. The number of nitrogens with two attached hydrogens (primary N) is 1. The maximum absolute atomic E-state index is 14.8.